The van der Waals surface area contributed by atoms with E-state index in [1.165, 1.54) is 0 Å². The van der Waals surface area contributed by atoms with Crippen LogP contribution in [0.3, 0.4) is 0 Å². The molecule has 4 rings (SSSR count). The Bertz CT molecular complexity index is 1670. The van der Waals surface area contributed by atoms with E-state index in [4.69, 9.17) is 9.47 Å². The summed E-state index contributed by atoms with van der Waals surface area (Å²) in [5.41, 5.74) is 2.95. The van der Waals surface area contributed by atoms with Gasteiger partial charge in [-0.3, -0.25) is 9.59 Å². The van der Waals surface area contributed by atoms with E-state index in [1.54, 1.807) is 24.5 Å². The van der Waals surface area contributed by atoms with Gasteiger partial charge in [-0.2, -0.15) is 0 Å². The summed E-state index contributed by atoms with van der Waals surface area (Å²) in [5, 5.41) is 1.75. The van der Waals surface area contributed by atoms with Crippen LogP contribution in [0.25, 0.3) is 22.1 Å². The lowest BCUT2D eigenvalue weighted by Gasteiger charge is -2.42. The van der Waals surface area contributed by atoms with E-state index in [2.05, 4.69) is 85.1 Å². The van der Waals surface area contributed by atoms with Crippen molar-refractivity contribution in [2.24, 2.45) is 21.7 Å². The van der Waals surface area contributed by atoms with E-state index < -0.39 is 0 Å². The average Bonchev–Trinajstić information content (AvgIpc) is 3.57. The van der Waals surface area contributed by atoms with Crippen molar-refractivity contribution in [3.05, 3.63) is 48.0 Å². The van der Waals surface area contributed by atoms with Crippen molar-refractivity contribution in [2.45, 2.75) is 100 Å². The van der Waals surface area contributed by atoms with E-state index in [-0.39, 0.29) is 33.6 Å². The summed E-state index contributed by atoms with van der Waals surface area (Å²) in [7, 11) is 8.18. The quantitative estimate of drug-likeness (QED) is 0.0997. The normalized spacial score (nSPS) is 13.1. The summed E-state index contributed by atoms with van der Waals surface area (Å²) in [5.74, 6) is 0.641. The number of aromatic amines is 2. The summed E-state index contributed by atoms with van der Waals surface area (Å²) < 4.78 is 12.0. The predicted octanol–water partition coefficient (Wildman–Crippen LogP) is 8.21. The maximum absolute atomic E-state index is 13.4. The van der Waals surface area contributed by atoms with Crippen LogP contribution in [0.15, 0.2) is 36.9 Å². The fourth-order valence-corrected chi connectivity index (χ4v) is 8.67. The van der Waals surface area contributed by atoms with Gasteiger partial charge in [-0.1, -0.05) is 55.4 Å². The number of esters is 2. The van der Waals surface area contributed by atoms with Gasteiger partial charge in [-0.05, 0) is 93.1 Å². The number of pyridine rings is 2. The lowest BCUT2D eigenvalue weighted by Crippen LogP contribution is -2.33. The molecular formula is C41H62N6O4. The summed E-state index contributed by atoms with van der Waals surface area (Å²) >= 11 is 0. The number of hydrogen-bond donors (Lipinski definition) is 2. The molecule has 0 saturated carbocycles. The van der Waals surface area contributed by atoms with Gasteiger partial charge in [0.2, 0.25) is 0 Å². The number of fused-ring (bicyclic) bond motifs is 2. The van der Waals surface area contributed by atoms with Crippen LogP contribution in [0.5, 0.6) is 11.5 Å². The fourth-order valence-electron chi connectivity index (χ4n) is 8.67. The average molecular weight is 703 g/mol. The Morgan fingerprint density at radius 3 is 1.31 bits per heavy atom. The zero-order chi connectivity index (χ0) is 37.8. The van der Waals surface area contributed by atoms with E-state index >= 15 is 0 Å². The molecule has 10 heteroatoms. The highest BCUT2D eigenvalue weighted by molar-refractivity contribution is 5.90. The van der Waals surface area contributed by atoms with E-state index in [0.717, 1.165) is 78.4 Å². The molecule has 0 atom stereocenters. The number of ether oxygens (including phenoxy) is 2. The van der Waals surface area contributed by atoms with Gasteiger partial charge in [-0.25, -0.2) is 9.97 Å². The molecule has 0 aromatic carbocycles. The molecule has 0 unspecified atom stereocenters. The van der Waals surface area contributed by atoms with Crippen molar-refractivity contribution in [3.63, 3.8) is 0 Å². The molecule has 4 heterocycles. The van der Waals surface area contributed by atoms with Crippen LogP contribution in [-0.2, 0) is 22.4 Å². The Morgan fingerprint density at radius 2 is 0.961 bits per heavy atom. The van der Waals surface area contributed by atoms with Gasteiger partial charge < -0.3 is 29.2 Å². The molecule has 0 fully saturated rings. The summed E-state index contributed by atoms with van der Waals surface area (Å²) in [6.45, 7) is 19.5. The van der Waals surface area contributed by atoms with Gasteiger partial charge >= 0.3 is 11.9 Å². The Kier molecular flexibility index (Phi) is 12.4. The summed E-state index contributed by atoms with van der Waals surface area (Å²) in [6.07, 6.45) is 12.2. The first-order valence-electron chi connectivity index (χ1n) is 18.3. The highest BCUT2D eigenvalue weighted by Gasteiger charge is 2.39. The molecule has 10 nitrogen and oxygen atoms in total. The maximum atomic E-state index is 13.4. The maximum Gasteiger partial charge on any atom is 0.311 e. The second-order valence-electron chi connectivity index (χ2n) is 18.3. The largest absolute Gasteiger partial charge is 0.426 e. The Labute approximate surface area is 305 Å². The van der Waals surface area contributed by atoms with E-state index in [1.807, 2.05) is 40.6 Å². The molecular weight excluding hydrogens is 640 g/mol. The van der Waals surface area contributed by atoms with Gasteiger partial charge in [0.25, 0.3) is 0 Å². The number of hydrogen-bond acceptors (Lipinski definition) is 8. The smallest absolute Gasteiger partial charge is 0.311 e. The third kappa shape index (κ3) is 11.6. The number of H-pyrrole nitrogens is 2. The van der Waals surface area contributed by atoms with Crippen LogP contribution >= 0.6 is 0 Å². The SMILES string of the molecule is CN(C)CCc1c[nH]c2nccc(OC(=O)CC(C)(C)CC(C)(C)CC(C)(C)CC(C)(C)CC(=O)Oc3ccnc4[nH]cc(CCN(C)C)c34)c12. The molecule has 0 bridgehead atoms. The van der Waals surface area contributed by atoms with Crippen LogP contribution in [0.1, 0.15) is 98.6 Å². The fraction of sp³-hybridized carbons (Fsp3) is 0.610. The number of likely N-dealkylation sites (N-methyl/N-ethyl adjacent to an activating group) is 2. The number of nitrogens with one attached hydrogen (secondary N) is 2. The monoisotopic (exact) mass is 702 g/mol. The van der Waals surface area contributed by atoms with E-state index in [0.29, 0.717) is 24.3 Å². The van der Waals surface area contributed by atoms with Crippen molar-refractivity contribution in [1.29, 1.82) is 0 Å². The molecule has 0 amide bonds. The summed E-state index contributed by atoms with van der Waals surface area (Å²) in [4.78, 5) is 46.4. The molecule has 4 aromatic heterocycles. The number of carbonyl (C=O) groups is 2. The van der Waals surface area contributed by atoms with Crippen LogP contribution in [0, 0.1) is 21.7 Å². The molecule has 0 aliphatic carbocycles. The van der Waals surface area contributed by atoms with Gasteiger partial charge in [0.15, 0.2) is 0 Å². The third-order valence-electron chi connectivity index (χ3n) is 9.46. The van der Waals surface area contributed by atoms with Crippen LogP contribution < -0.4 is 9.47 Å². The first-order valence-corrected chi connectivity index (χ1v) is 18.3. The molecule has 0 radical (unpaired) electrons. The van der Waals surface area contributed by atoms with Gasteiger partial charge in [0, 0.05) is 50.0 Å². The van der Waals surface area contributed by atoms with Crippen LogP contribution in [-0.4, -0.2) is 83.0 Å². The van der Waals surface area contributed by atoms with Crippen LogP contribution in [0.2, 0.25) is 0 Å². The molecule has 0 aliphatic heterocycles. The van der Waals surface area contributed by atoms with Gasteiger partial charge in [-0.15, -0.1) is 0 Å². The van der Waals surface area contributed by atoms with Gasteiger partial charge in [0.05, 0.1) is 23.6 Å². The topological polar surface area (TPSA) is 116 Å². The first-order chi connectivity index (χ1) is 23.6. The molecule has 51 heavy (non-hydrogen) atoms. The second-order valence-corrected chi connectivity index (χ2v) is 18.3. The highest BCUT2D eigenvalue weighted by atomic mass is 16.5. The zero-order valence-corrected chi connectivity index (χ0v) is 33.2. The van der Waals surface area contributed by atoms with Crippen molar-refractivity contribution in [1.82, 2.24) is 29.7 Å². The number of nitrogens with zero attached hydrogens (tertiary/aromatic N) is 4. The standard InChI is InChI=1S/C41H62N6O4/c1-38(2,21-32(48)50-30-13-17-42-36-34(30)28(23-44-36)15-19-46(9)10)25-40(5,6)27-41(7,8)26-39(3,4)22-33(49)51-31-14-18-43-37-35(31)29(24-45-37)16-20-47(11)12/h13-14,17-18,23-24H,15-16,19-22,25-27H2,1-12H3,(H,42,44)(H,43,45). The van der Waals surface area contributed by atoms with Crippen molar-refractivity contribution in [3.8, 4) is 11.5 Å². The molecule has 0 aliphatic rings. The second kappa shape index (κ2) is 15.9. The van der Waals surface area contributed by atoms with Crippen molar-refractivity contribution >= 4 is 34.0 Å². The van der Waals surface area contributed by atoms with E-state index in [9.17, 15) is 9.59 Å². The lowest BCUT2D eigenvalue weighted by molar-refractivity contribution is -0.137. The number of aromatic nitrogens is 4. The molecule has 0 saturated heterocycles. The highest BCUT2D eigenvalue weighted by Crippen LogP contribution is 2.48. The first kappa shape index (κ1) is 40.0. The lowest BCUT2D eigenvalue weighted by atomic mass is 9.63. The number of carbonyl (C=O) groups excluding carboxylic acids is 2. The molecule has 280 valence electrons. The van der Waals surface area contributed by atoms with Crippen molar-refractivity contribution in [2.75, 3.05) is 41.3 Å². The Morgan fingerprint density at radius 1 is 0.608 bits per heavy atom. The molecule has 0 spiro atoms. The summed E-state index contributed by atoms with van der Waals surface area (Å²) in [6, 6.07) is 3.57. The predicted molar refractivity (Wildman–Crippen MR) is 206 cm³/mol. The Balaban J connectivity index is 1.35. The minimum atomic E-state index is -0.284. The number of rotatable bonds is 18. The molecule has 2 N–H and O–H groups in total. The third-order valence-corrected chi connectivity index (χ3v) is 9.46. The van der Waals surface area contributed by atoms with Gasteiger partial charge in [0.1, 0.15) is 22.8 Å². The molecule has 4 aromatic rings. The minimum absolute atomic E-state index is 0.0618. The Hall–Kier alpha value is -3.76. The minimum Gasteiger partial charge on any atom is -0.426 e. The van der Waals surface area contributed by atoms with Crippen LogP contribution in [0.4, 0.5) is 0 Å². The van der Waals surface area contributed by atoms with Crippen molar-refractivity contribution < 1.29 is 19.1 Å². The zero-order valence-electron chi connectivity index (χ0n) is 33.2.